The Morgan fingerprint density at radius 3 is 2.75 bits per heavy atom. The summed E-state index contributed by atoms with van der Waals surface area (Å²) >= 11 is 0. The largest absolute Gasteiger partial charge is 0.398 e. The molecule has 0 aliphatic rings. The van der Waals surface area contributed by atoms with Gasteiger partial charge in [-0.3, -0.25) is 9.78 Å². The fraction of sp³-hybridized carbons (Fsp3) is 0.111. The van der Waals surface area contributed by atoms with Crippen LogP contribution < -0.4 is 11.1 Å². The number of anilines is 2. The van der Waals surface area contributed by atoms with Crippen molar-refractivity contribution in [3.63, 3.8) is 0 Å². The Morgan fingerprint density at radius 2 is 2.00 bits per heavy atom. The number of nitrogen functional groups attached to an aromatic ring is 1. The van der Waals surface area contributed by atoms with Gasteiger partial charge < -0.3 is 11.1 Å². The number of benzene rings is 1. The number of ketones is 1. The molecule has 2 heterocycles. The highest BCUT2D eigenvalue weighted by molar-refractivity contribution is 6.11. The third-order valence-electron chi connectivity index (χ3n) is 3.48. The predicted octanol–water partition coefficient (Wildman–Crippen LogP) is 2.78. The summed E-state index contributed by atoms with van der Waals surface area (Å²) in [4.78, 5) is 25.3. The van der Waals surface area contributed by atoms with E-state index in [1.165, 1.54) is 0 Å². The Morgan fingerprint density at radius 1 is 1.12 bits per heavy atom. The van der Waals surface area contributed by atoms with Gasteiger partial charge in [0.15, 0.2) is 0 Å². The molecule has 120 valence electrons. The Balaban J connectivity index is 2.00. The van der Waals surface area contributed by atoms with Crippen LogP contribution in [0.25, 0.3) is 11.3 Å². The summed E-state index contributed by atoms with van der Waals surface area (Å²) in [5, 5.41) is 3.07. The van der Waals surface area contributed by atoms with E-state index in [-0.39, 0.29) is 5.78 Å². The van der Waals surface area contributed by atoms with E-state index in [9.17, 15) is 4.79 Å². The fourth-order valence-electron chi connectivity index (χ4n) is 2.31. The molecule has 2 aromatic heterocycles. The van der Waals surface area contributed by atoms with Crippen molar-refractivity contribution in [2.75, 3.05) is 17.6 Å². The number of carbonyl (C=O) groups excluding carboxylic acids is 1. The maximum atomic E-state index is 12.6. The molecule has 0 saturated carbocycles. The molecule has 3 rings (SSSR count). The van der Waals surface area contributed by atoms with Crippen LogP contribution in [0.4, 0.5) is 11.6 Å². The van der Waals surface area contributed by atoms with Gasteiger partial charge in [-0.05, 0) is 37.3 Å². The third kappa shape index (κ3) is 3.22. The fourth-order valence-corrected chi connectivity index (χ4v) is 2.31. The Labute approximate surface area is 139 Å². The van der Waals surface area contributed by atoms with Crippen LogP contribution in [0.1, 0.15) is 23.0 Å². The van der Waals surface area contributed by atoms with Crippen molar-refractivity contribution in [3.05, 3.63) is 66.1 Å². The molecule has 24 heavy (non-hydrogen) atoms. The van der Waals surface area contributed by atoms with Crippen LogP contribution in [0.5, 0.6) is 0 Å². The minimum atomic E-state index is -0.212. The normalized spacial score (nSPS) is 10.4. The summed E-state index contributed by atoms with van der Waals surface area (Å²) in [5.74, 6) is 0.334. The van der Waals surface area contributed by atoms with E-state index in [0.717, 1.165) is 17.8 Å². The van der Waals surface area contributed by atoms with E-state index in [1.807, 2.05) is 13.0 Å². The minimum Gasteiger partial charge on any atom is -0.398 e. The lowest BCUT2D eigenvalue weighted by Gasteiger charge is -2.09. The first-order valence-electron chi connectivity index (χ1n) is 7.61. The Bertz CT molecular complexity index is 864. The van der Waals surface area contributed by atoms with Gasteiger partial charge in [0.2, 0.25) is 11.7 Å². The monoisotopic (exact) mass is 319 g/mol. The first-order valence-corrected chi connectivity index (χ1v) is 7.61. The zero-order valence-electron chi connectivity index (χ0n) is 13.2. The highest BCUT2D eigenvalue weighted by Crippen LogP contribution is 2.24. The van der Waals surface area contributed by atoms with Gasteiger partial charge >= 0.3 is 0 Å². The lowest BCUT2D eigenvalue weighted by atomic mass is 10.0. The summed E-state index contributed by atoms with van der Waals surface area (Å²) in [6.07, 6.45) is 3.26. The SMILES string of the molecule is CCNc1nccc(-c2ccc(N)c(C(=O)c3ccccn3)c2)n1. The molecule has 0 saturated heterocycles. The maximum Gasteiger partial charge on any atom is 0.223 e. The number of hydrogen-bond acceptors (Lipinski definition) is 6. The molecule has 0 fully saturated rings. The van der Waals surface area contributed by atoms with Gasteiger partial charge in [0.1, 0.15) is 5.69 Å². The topological polar surface area (TPSA) is 93.8 Å². The number of aromatic nitrogens is 3. The zero-order chi connectivity index (χ0) is 16.9. The van der Waals surface area contributed by atoms with Crippen LogP contribution in [0.2, 0.25) is 0 Å². The number of rotatable bonds is 5. The number of carbonyl (C=O) groups is 1. The maximum absolute atomic E-state index is 12.6. The molecular formula is C18H17N5O. The van der Waals surface area contributed by atoms with Crippen molar-refractivity contribution in [1.29, 1.82) is 0 Å². The van der Waals surface area contributed by atoms with Crippen molar-refractivity contribution in [3.8, 4) is 11.3 Å². The lowest BCUT2D eigenvalue weighted by Crippen LogP contribution is -2.07. The molecule has 3 aromatic rings. The van der Waals surface area contributed by atoms with Crippen LogP contribution in [0.15, 0.2) is 54.9 Å². The van der Waals surface area contributed by atoms with Crippen molar-refractivity contribution >= 4 is 17.4 Å². The highest BCUT2D eigenvalue weighted by Gasteiger charge is 2.15. The van der Waals surface area contributed by atoms with Crippen molar-refractivity contribution in [2.45, 2.75) is 6.92 Å². The summed E-state index contributed by atoms with van der Waals surface area (Å²) in [7, 11) is 0. The molecule has 6 nitrogen and oxygen atoms in total. The van der Waals surface area contributed by atoms with E-state index in [2.05, 4.69) is 20.3 Å². The van der Waals surface area contributed by atoms with Crippen molar-refractivity contribution < 1.29 is 4.79 Å². The Hall–Kier alpha value is -3.28. The number of hydrogen-bond donors (Lipinski definition) is 2. The Kier molecular flexibility index (Phi) is 4.47. The number of pyridine rings is 1. The quantitative estimate of drug-likeness (QED) is 0.555. The number of nitrogens with one attached hydrogen (secondary N) is 1. The standard InChI is InChI=1S/C18H17N5O/c1-2-20-18-22-10-8-15(23-18)12-6-7-14(19)13(11-12)17(24)16-5-3-4-9-21-16/h3-11H,2,19H2,1H3,(H,20,22,23). The van der Waals surface area contributed by atoms with Gasteiger partial charge in [0.05, 0.1) is 5.69 Å². The van der Waals surface area contributed by atoms with Crippen LogP contribution in [0.3, 0.4) is 0 Å². The number of nitrogens with zero attached hydrogens (tertiary/aromatic N) is 3. The van der Waals surface area contributed by atoms with Gasteiger partial charge in [-0.25, -0.2) is 9.97 Å². The highest BCUT2D eigenvalue weighted by atomic mass is 16.1. The summed E-state index contributed by atoms with van der Waals surface area (Å²) in [6.45, 7) is 2.71. The van der Waals surface area contributed by atoms with E-state index in [4.69, 9.17) is 5.73 Å². The molecule has 0 unspecified atom stereocenters. The first kappa shape index (κ1) is 15.6. The van der Waals surface area contributed by atoms with Crippen LogP contribution in [0, 0.1) is 0 Å². The molecule has 0 aliphatic carbocycles. The van der Waals surface area contributed by atoms with E-state index in [0.29, 0.717) is 22.9 Å². The first-order chi connectivity index (χ1) is 11.7. The van der Waals surface area contributed by atoms with E-state index >= 15 is 0 Å². The summed E-state index contributed by atoms with van der Waals surface area (Å²) in [6, 6.07) is 12.3. The van der Waals surface area contributed by atoms with Gasteiger partial charge in [-0.1, -0.05) is 12.1 Å². The number of nitrogens with two attached hydrogens (primary N) is 1. The van der Waals surface area contributed by atoms with Gasteiger partial charge in [-0.2, -0.15) is 0 Å². The van der Waals surface area contributed by atoms with Crippen LogP contribution in [-0.2, 0) is 0 Å². The van der Waals surface area contributed by atoms with Crippen molar-refractivity contribution in [1.82, 2.24) is 15.0 Å². The van der Waals surface area contributed by atoms with Crippen LogP contribution >= 0.6 is 0 Å². The van der Waals surface area contributed by atoms with Gasteiger partial charge in [0.25, 0.3) is 0 Å². The van der Waals surface area contributed by atoms with Gasteiger partial charge in [0, 0.05) is 35.8 Å². The lowest BCUT2D eigenvalue weighted by molar-refractivity contribution is 0.103. The molecule has 3 N–H and O–H groups in total. The molecule has 0 spiro atoms. The second kappa shape index (κ2) is 6.87. The molecule has 0 bridgehead atoms. The van der Waals surface area contributed by atoms with Gasteiger partial charge in [-0.15, -0.1) is 0 Å². The summed E-state index contributed by atoms with van der Waals surface area (Å²) in [5.41, 5.74) is 8.69. The zero-order valence-corrected chi connectivity index (χ0v) is 13.2. The molecular weight excluding hydrogens is 302 g/mol. The second-order valence-corrected chi connectivity index (χ2v) is 5.14. The molecule has 0 radical (unpaired) electrons. The molecule has 0 amide bonds. The smallest absolute Gasteiger partial charge is 0.223 e. The second-order valence-electron chi connectivity index (χ2n) is 5.14. The van der Waals surface area contributed by atoms with Crippen LogP contribution in [-0.4, -0.2) is 27.3 Å². The summed E-state index contributed by atoms with van der Waals surface area (Å²) < 4.78 is 0. The molecule has 0 atom stereocenters. The average Bonchev–Trinajstić information content (AvgIpc) is 2.63. The molecule has 6 heteroatoms. The van der Waals surface area contributed by atoms with E-state index in [1.54, 1.807) is 48.8 Å². The molecule has 1 aromatic carbocycles. The minimum absolute atomic E-state index is 0.212. The molecule has 0 aliphatic heterocycles. The third-order valence-corrected chi connectivity index (χ3v) is 3.48. The average molecular weight is 319 g/mol. The van der Waals surface area contributed by atoms with Crippen molar-refractivity contribution in [2.24, 2.45) is 0 Å². The predicted molar refractivity (Wildman–Crippen MR) is 93.7 cm³/mol. The van der Waals surface area contributed by atoms with E-state index < -0.39 is 0 Å².